The van der Waals surface area contributed by atoms with Gasteiger partial charge >= 0.3 is 12.1 Å². The fourth-order valence-electron chi connectivity index (χ4n) is 2.85. The SMILES string of the molecule is [2H]C(C(CC(Cl)CC/C=C\CCCCCCCC)C(F)(F)F)[C@@]([2H])(C(=O)O)N(C)C. The fraction of sp³-hybridized carbons (Fsp3) is 0.857. The summed E-state index contributed by atoms with van der Waals surface area (Å²) in [7, 11) is 2.37. The first-order valence-corrected chi connectivity index (χ1v) is 10.5. The molecular weight excluding hydrogens is 391 g/mol. The molecule has 0 saturated carbocycles. The minimum absolute atomic E-state index is 0.299. The maximum atomic E-state index is 13.5. The molecular formula is C21H37ClF3NO2. The Labute approximate surface area is 176 Å². The Bertz CT molecular complexity index is 521. The van der Waals surface area contributed by atoms with E-state index in [1.165, 1.54) is 46.2 Å². The number of carbonyl (C=O) groups is 1. The van der Waals surface area contributed by atoms with Gasteiger partial charge in [-0.3, -0.25) is 9.69 Å². The van der Waals surface area contributed by atoms with Crippen LogP contribution in [-0.4, -0.2) is 47.6 Å². The summed E-state index contributed by atoms with van der Waals surface area (Å²) in [6.45, 7) is 2.17. The van der Waals surface area contributed by atoms with Crippen LogP contribution in [0.2, 0.25) is 0 Å². The second-order valence-corrected chi connectivity index (χ2v) is 7.95. The number of nitrogens with zero attached hydrogens (tertiary/aromatic N) is 1. The van der Waals surface area contributed by atoms with Crippen LogP contribution < -0.4 is 0 Å². The van der Waals surface area contributed by atoms with Gasteiger partial charge in [0.05, 0.1) is 7.29 Å². The Balaban J connectivity index is 4.65. The predicted molar refractivity (Wildman–Crippen MR) is 110 cm³/mol. The average Bonchev–Trinajstić information content (AvgIpc) is 2.65. The molecule has 0 aromatic heterocycles. The molecule has 0 fully saturated rings. The normalized spacial score (nSPS) is 19.1. The van der Waals surface area contributed by atoms with E-state index in [-0.39, 0.29) is 0 Å². The summed E-state index contributed by atoms with van der Waals surface area (Å²) in [5, 5.41) is 8.41. The van der Waals surface area contributed by atoms with Crippen molar-refractivity contribution in [2.75, 3.05) is 14.1 Å². The minimum atomic E-state index is -4.81. The molecule has 4 atom stereocenters. The summed E-state index contributed by atoms with van der Waals surface area (Å²) >= 11 is 6.11. The predicted octanol–water partition coefficient (Wildman–Crippen LogP) is 6.65. The van der Waals surface area contributed by atoms with E-state index in [9.17, 15) is 23.1 Å². The van der Waals surface area contributed by atoms with Crippen molar-refractivity contribution in [3.05, 3.63) is 12.2 Å². The van der Waals surface area contributed by atoms with Crippen molar-refractivity contribution < 1.29 is 25.8 Å². The largest absolute Gasteiger partial charge is 0.480 e. The molecule has 0 bridgehead atoms. The fourth-order valence-corrected chi connectivity index (χ4v) is 3.16. The number of carboxylic acid groups (broad SMARTS) is 1. The molecule has 28 heavy (non-hydrogen) atoms. The first-order chi connectivity index (χ1) is 13.9. The highest BCUT2D eigenvalue weighted by molar-refractivity contribution is 6.20. The molecule has 0 aromatic rings. The van der Waals surface area contributed by atoms with Crippen molar-refractivity contribution >= 4 is 17.6 Å². The lowest BCUT2D eigenvalue weighted by Gasteiger charge is -2.28. The Hall–Kier alpha value is -0.750. The molecule has 0 rings (SSSR count). The van der Waals surface area contributed by atoms with E-state index in [1.54, 1.807) is 0 Å². The lowest BCUT2D eigenvalue weighted by Crippen LogP contribution is -2.40. The lowest BCUT2D eigenvalue weighted by molar-refractivity contribution is -0.183. The van der Waals surface area contributed by atoms with Gasteiger partial charge in [-0.15, -0.1) is 11.6 Å². The molecule has 3 unspecified atom stereocenters. The third kappa shape index (κ3) is 13.4. The van der Waals surface area contributed by atoms with Crippen LogP contribution in [0.25, 0.3) is 0 Å². The lowest BCUT2D eigenvalue weighted by atomic mass is 9.92. The highest BCUT2D eigenvalue weighted by Crippen LogP contribution is 2.36. The number of halogens is 4. The van der Waals surface area contributed by atoms with Crippen LogP contribution in [0.4, 0.5) is 13.2 Å². The zero-order chi connectivity index (χ0) is 23.4. The number of aliphatic carboxylic acids is 1. The van der Waals surface area contributed by atoms with Gasteiger partial charge in [0.1, 0.15) is 6.02 Å². The summed E-state index contributed by atoms with van der Waals surface area (Å²) in [5.41, 5.74) is 0. The van der Waals surface area contributed by atoms with Crippen molar-refractivity contribution in [3.63, 3.8) is 0 Å². The molecule has 7 heteroatoms. The standard InChI is InChI=1S/C21H37ClF3NO2/c1-4-5-6-7-8-9-10-11-12-13-14-18(22)15-17(21(23,24)25)16-19(20(27)28)26(2)3/h11-12,17-19H,4-10,13-16H2,1-3H3,(H,27,28)/b12-11-/t17?,18?,19-/m0/s1/i16D,19D/t16?,17?,18?,19-. The number of carboxylic acids is 1. The van der Waals surface area contributed by atoms with Crippen LogP contribution in [0.1, 0.15) is 80.3 Å². The summed E-state index contributed by atoms with van der Waals surface area (Å²) in [6.07, 6.45) is 5.25. The van der Waals surface area contributed by atoms with Gasteiger partial charge in [0.25, 0.3) is 0 Å². The smallest absolute Gasteiger partial charge is 0.391 e. The van der Waals surface area contributed by atoms with Crippen molar-refractivity contribution in [1.82, 2.24) is 4.90 Å². The van der Waals surface area contributed by atoms with E-state index in [4.69, 9.17) is 14.3 Å². The Kier molecular flexibility index (Phi) is 12.7. The van der Waals surface area contributed by atoms with Crippen LogP contribution >= 0.6 is 11.6 Å². The quantitative estimate of drug-likeness (QED) is 0.169. The number of allylic oxidation sites excluding steroid dienone is 2. The molecule has 0 amide bonds. The maximum absolute atomic E-state index is 13.5. The molecule has 0 heterocycles. The van der Waals surface area contributed by atoms with E-state index in [1.807, 2.05) is 12.2 Å². The van der Waals surface area contributed by atoms with E-state index < -0.39 is 42.3 Å². The summed E-state index contributed by atoms with van der Waals surface area (Å²) in [4.78, 5) is 12.3. The minimum Gasteiger partial charge on any atom is -0.480 e. The van der Waals surface area contributed by atoms with Gasteiger partial charge in [0, 0.05) is 6.75 Å². The maximum Gasteiger partial charge on any atom is 0.391 e. The van der Waals surface area contributed by atoms with Gasteiger partial charge in [-0.05, 0) is 52.6 Å². The van der Waals surface area contributed by atoms with Crippen LogP contribution in [0.15, 0.2) is 12.2 Å². The molecule has 0 saturated heterocycles. The van der Waals surface area contributed by atoms with E-state index >= 15 is 0 Å². The summed E-state index contributed by atoms with van der Waals surface area (Å²) in [6, 6.07) is -2.71. The molecule has 1 N–H and O–H groups in total. The number of hydrogen-bond donors (Lipinski definition) is 1. The molecule has 166 valence electrons. The molecule has 0 spiro atoms. The average molecular weight is 430 g/mol. The highest BCUT2D eigenvalue weighted by atomic mass is 35.5. The Morgan fingerprint density at radius 2 is 1.75 bits per heavy atom. The Morgan fingerprint density at radius 3 is 2.29 bits per heavy atom. The third-order valence-corrected chi connectivity index (χ3v) is 4.92. The van der Waals surface area contributed by atoms with Crippen molar-refractivity contribution in [1.29, 1.82) is 0 Å². The third-order valence-electron chi connectivity index (χ3n) is 4.53. The zero-order valence-electron chi connectivity index (χ0n) is 19.3. The molecule has 0 aromatic carbocycles. The molecule has 0 aliphatic carbocycles. The number of hydrogen-bond acceptors (Lipinski definition) is 2. The van der Waals surface area contributed by atoms with Gasteiger partial charge in [-0.2, -0.15) is 13.2 Å². The van der Waals surface area contributed by atoms with Crippen LogP contribution in [0, 0.1) is 5.92 Å². The number of rotatable bonds is 16. The van der Waals surface area contributed by atoms with E-state index in [0.717, 1.165) is 17.7 Å². The van der Waals surface area contributed by atoms with E-state index in [2.05, 4.69) is 6.92 Å². The van der Waals surface area contributed by atoms with Crippen LogP contribution in [-0.2, 0) is 4.79 Å². The first kappa shape index (κ1) is 23.5. The van der Waals surface area contributed by atoms with Gasteiger partial charge in [0.15, 0.2) is 0 Å². The van der Waals surface area contributed by atoms with Gasteiger partial charge < -0.3 is 5.11 Å². The van der Waals surface area contributed by atoms with Crippen molar-refractivity contribution in [3.8, 4) is 0 Å². The second-order valence-electron chi connectivity index (χ2n) is 7.34. The van der Waals surface area contributed by atoms with Gasteiger partial charge in [-0.25, -0.2) is 0 Å². The molecule has 0 aliphatic heterocycles. The summed E-state index contributed by atoms with van der Waals surface area (Å²) < 4.78 is 56.5. The number of likely N-dealkylation sites (N-methyl/N-ethyl adjacent to an activating group) is 1. The first-order valence-electron chi connectivity index (χ1n) is 11.2. The Morgan fingerprint density at radius 1 is 1.18 bits per heavy atom. The topological polar surface area (TPSA) is 40.5 Å². The highest BCUT2D eigenvalue weighted by Gasteiger charge is 2.43. The van der Waals surface area contributed by atoms with Crippen molar-refractivity contribution in [2.45, 2.75) is 95.1 Å². The summed E-state index contributed by atoms with van der Waals surface area (Å²) in [5.74, 6) is -4.09. The number of alkyl halides is 4. The number of unbranched alkanes of at least 4 members (excludes halogenated alkanes) is 6. The van der Waals surface area contributed by atoms with Gasteiger partial charge in [-0.1, -0.05) is 51.2 Å². The van der Waals surface area contributed by atoms with Crippen molar-refractivity contribution in [2.24, 2.45) is 5.92 Å². The zero-order valence-corrected chi connectivity index (χ0v) is 18.0. The van der Waals surface area contributed by atoms with Crippen LogP contribution in [0.3, 0.4) is 0 Å². The monoisotopic (exact) mass is 429 g/mol. The molecule has 0 radical (unpaired) electrons. The van der Waals surface area contributed by atoms with Gasteiger partial charge in [0.2, 0.25) is 0 Å². The molecule has 3 nitrogen and oxygen atoms in total. The second kappa shape index (κ2) is 15.1. The molecule has 0 aliphatic rings. The van der Waals surface area contributed by atoms with E-state index in [0.29, 0.717) is 12.8 Å². The van der Waals surface area contributed by atoms with Crippen LogP contribution in [0.5, 0.6) is 0 Å².